The molecule has 0 radical (unpaired) electrons. The van der Waals surface area contributed by atoms with Gasteiger partial charge in [0.1, 0.15) is 6.54 Å². The second-order valence-electron chi connectivity index (χ2n) is 6.50. The number of hydrogen-bond donors (Lipinski definition) is 0. The molecule has 1 aliphatic heterocycles. The van der Waals surface area contributed by atoms with Crippen molar-refractivity contribution in [1.82, 2.24) is 9.80 Å². The minimum Gasteiger partial charge on any atom is -0.339 e. The number of piperazine rings is 1. The molecule has 5 nitrogen and oxygen atoms in total. The van der Waals surface area contributed by atoms with E-state index in [4.69, 9.17) is 0 Å². The maximum atomic E-state index is 12.6. The maximum Gasteiger partial charge on any atom is 0.242 e. The fourth-order valence-electron chi connectivity index (χ4n) is 2.88. The third-order valence-electron chi connectivity index (χ3n) is 4.38. The van der Waals surface area contributed by atoms with Crippen molar-refractivity contribution < 1.29 is 9.59 Å². The van der Waals surface area contributed by atoms with Gasteiger partial charge in [-0.25, -0.2) is 0 Å². The van der Waals surface area contributed by atoms with Crippen LogP contribution in [0.15, 0.2) is 24.3 Å². The number of para-hydroxylation sites is 1. The fraction of sp³-hybridized carbons (Fsp3) is 0.556. The summed E-state index contributed by atoms with van der Waals surface area (Å²) in [6.45, 7) is 9.05. The Morgan fingerprint density at radius 1 is 1.13 bits per heavy atom. The van der Waals surface area contributed by atoms with Gasteiger partial charge < -0.3 is 14.7 Å². The molecule has 1 aromatic carbocycles. The number of anilines is 1. The van der Waals surface area contributed by atoms with Crippen LogP contribution in [-0.4, -0.2) is 61.4 Å². The van der Waals surface area contributed by atoms with Gasteiger partial charge in [-0.15, -0.1) is 0 Å². The number of carbonyl (C=O) groups is 2. The van der Waals surface area contributed by atoms with Crippen molar-refractivity contribution >= 4 is 17.5 Å². The van der Waals surface area contributed by atoms with E-state index in [0.717, 1.165) is 37.4 Å². The Morgan fingerprint density at radius 2 is 1.74 bits per heavy atom. The van der Waals surface area contributed by atoms with Gasteiger partial charge in [-0.3, -0.25) is 9.59 Å². The van der Waals surface area contributed by atoms with Gasteiger partial charge in [-0.2, -0.15) is 0 Å². The topological polar surface area (TPSA) is 43.9 Å². The molecule has 2 amide bonds. The minimum absolute atomic E-state index is 0.0202. The van der Waals surface area contributed by atoms with Crippen molar-refractivity contribution in [2.75, 3.05) is 44.7 Å². The normalized spacial score (nSPS) is 15.8. The average molecular weight is 317 g/mol. The third kappa shape index (κ3) is 4.32. The predicted octanol–water partition coefficient (Wildman–Crippen LogP) is 1.94. The number of likely N-dealkylation sites (N-methyl/N-ethyl adjacent to an activating group) is 1. The number of amides is 2. The second-order valence-corrected chi connectivity index (χ2v) is 6.50. The summed E-state index contributed by atoms with van der Waals surface area (Å²) < 4.78 is 0. The molecular formula is C18H27N3O2. The summed E-state index contributed by atoms with van der Waals surface area (Å²) in [5.41, 5.74) is 1.94. The van der Waals surface area contributed by atoms with Gasteiger partial charge in [0, 0.05) is 38.8 Å². The van der Waals surface area contributed by atoms with Crippen LogP contribution in [0.5, 0.6) is 0 Å². The van der Waals surface area contributed by atoms with Crippen molar-refractivity contribution in [2.24, 2.45) is 0 Å². The Morgan fingerprint density at radius 3 is 2.30 bits per heavy atom. The first-order valence-electron chi connectivity index (χ1n) is 8.23. The van der Waals surface area contributed by atoms with Gasteiger partial charge in [-0.05, 0) is 24.6 Å². The average Bonchev–Trinajstić information content (AvgIpc) is 2.52. The van der Waals surface area contributed by atoms with E-state index < -0.39 is 0 Å². The van der Waals surface area contributed by atoms with Crippen LogP contribution in [0.25, 0.3) is 0 Å². The highest BCUT2D eigenvalue weighted by molar-refractivity contribution is 5.98. The molecule has 0 spiro atoms. The van der Waals surface area contributed by atoms with Crippen LogP contribution in [0.3, 0.4) is 0 Å². The smallest absolute Gasteiger partial charge is 0.242 e. The molecule has 1 fully saturated rings. The minimum atomic E-state index is -0.0967. The van der Waals surface area contributed by atoms with Crippen LogP contribution >= 0.6 is 0 Å². The Hall–Kier alpha value is -1.88. The number of nitrogens with zero attached hydrogens (tertiary/aromatic N) is 3. The van der Waals surface area contributed by atoms with E-state index in [0.29, 0.717) is 5.92 Å². The zero-order chi connectivity index (χ0) is 17.0. The summed E-state index contributed by atoms with van der Waals surface area (Å²) in [7, 11) is 2.06. The lowest BCUT2D eigenvalue weighted by molar-refractivity contribution is -0.132. The van der Waals surface area contributed by atoms with Crippen LogP contribution in [0, 0.1) is 0 Å². The molecule has 5 heteroatoms. The lowest BCUT2D eigenvalue weighted by atomic mass is 10.0. The maximum absolute atomic E-state index is 12.6. The van der Waals surface area contributed by atoms with Gasteiger partial charge in [0.2, 0.25) is 11.8 Å². The van der Waals surface area contributed by atoms with Crippen molar-refractivity contribution in [1.29, 1.82) is 0 Å². The third-order valence-corrected chi connectivity index (χ3v) is 4.38. The van der Waals surface area contributed by atoms with E-state index in [-0.39, 0.29) is 18.4 Å². The summed E-state index contributed by atoms with van der Waals surface area (Å²) >= 11 is 0. The molecule has 2 rings (SSSR count). The lowest BCUT2D eigenvalue weighted by Gasteiger charge is -2.34. The second kappa shape index (κ2) is 7.59. The quantitative estimate of drug-likeness (QED) is 0.852. The SMILES string of the molecule is CC(=O)N(CC(=O)N1CCN(C)CC1)c1ccccc1C(C)C. The van der Waals surface area contributed by atoms with Gasteiger partial charge in [0.25, 0.3) is 0 Å². The number of rotatable bonds is 4. The highest BCUT2D eigenvalue weighted by atomic mass is 16.2. The Labute approximate surface area is 138 Å². The molecule has 0 saturated carbocycles. The number of carbonyl (C=O) groups excluding carboxylic acids is 2. The first-order valence-corrected chi connectivity index (χ1v) is 8.23. The van der Waals surface area contributed by atoms with Crippen molar-refractivity contribution in [3.8, 4) is 0 Å². The zero-order valence-electron chi connectivity index (χ0n) is 14.6. The molecule has 0 atom stereocenters. The van der Waals surface area contributed by atoms with E-state index in [1.165, 1.54) is 6.92 Å². The molecule has 1 aliphatic rings. The molecular weight excluding hydrogens is 290 g/mol. The van der Waals surface area contributed by atoms with Crippen LogP contribution in [-0.2, 0) is 9.59 Å². The zero-order valence-corrected chi connectivity index (χ0v) is 14.6. The largest absolute Gasteiger partial charge is 0.339 e. The van der Waals surface area contributed by atoms with E-state index in [2.05, 4.69) is 25.8 Å². The molecule has 0 bridgehead atoms. The summed E-state index contributed by atoms with van der Waals surface area (Å²) in [6, 6.07) is 7.83. The van der Waals surface area contributed by atoms with E-state index in [1.807, 2.05) is 29.2 Å². The Bertz CT molecular complexity index is 563. The van der Waals surface area contributed by atoms with Gasteiger partial charge in [0.15, 0.2) is 0 Å². The summed E-state index contributed by atoms with van der Waals surface area (Å²) in [5, 5.41) is 0. The standard InChI is InChI=1S/C18H27N3O2/c1-14(2)16-7-5-6-8-17(16)21(15(3)22)13-18(23)20-11-9-19(4)10-12-20/h5-8,14H,9-13H2,1-4H3. The summed E-state index contributed by atoms with van der Waals surface area (Å²) in [6.07, 6.45) is 0. The van der Waals surface area contributed by atoms with Gasteiger partial charge >= 0.3 is 0 Å². The van der Waals surface area contributed by atoms with E-state index >= 15 is 0 Å². The fourth-order valence-corrected chi connectivity index (χ4v) is 2.88. The molecule has 23 heavy (non-hydrogen) atoms. The van der Waals surface area contributed by atoms with E-state index in [1.54, 1.807) is 4.90 Å². The van der Waals surface area contributed by atoms with Gasteiger partial charge in [0.05, 0.1) is 0 Å². The summed E-state index contributed by atoms with van der Waals surface area (Å²) in [5.74, 6) is 0.222. The van der Waals surface area contributed by atoms with Crippen molar-refractivity contribution in [3.05, 3.63) is 29.8 Å². The molecule has 0 N–H and O–H groups in total. The first-order chi connectivity index (χ1) is 10.9. The van der Waals surface area contributed by atoms with E-state index in [9.17, 15) is 9.59 Å². The molecule has 1 heterocycles. The summed E-state index contributed by atoms with van der Waals surface area (Å²) in [4.78, 5) is 30.4. The molecule has 0 aliphatic carbocycles. The van der Waals surface area contributed by atoms with Crippen LogP contribution in [0.4, 0.5) is 5.69 Å². The number of hydrogen-bond acceptors (Lipinski definition) is 3. The van der Waals surface area contributed by atoms with Crippen LogP contribution in [0.2, 0.25) is 0 Å². The first kappa shape index (κ1) is 17.5. The van der Waals surface area contributed by atoms with Crippen molar-refractivity contribution in [3.63, 3.8) is 0 Å². The van der Waals surface area contributed by atoms with Crippen molar-refractivity contribution in [2.45, 2.75) is 26.7 Å². The van der Waals surface area contributed by atoms with Crippen LogP contribution < -0.4 is 4.90 Å². The molecule has 126 valence electrons. The Kier molecular flexibility index (Phi) is 5.77. The predicted molar refractivity (Wildman–Crippen MR) is 92.6 cm³/mol. The molecule has 1 aromatic rings. The molecule has 1 saturated heterocycles. The van der Waals surface area contributed by atoms with Gasteiger partial charge in [-0.1, -0.05) is 32.0 Å². The van der Waals surface area contributed by atoms with Crippen LogP contribution in [0.1, 0.15) is 32.3 Å². The Balaban J connectivity index is 2.17. The highest BCUT2D eigenvalue weighted by Gasteiger charge is 2.24. The number of benzene rings is 1. The lowest BCUT2D eigenvalue weighted by Crippen LogP contribution is -2.50. The molecule has 0 aromatic heterocycles. The highest BCUT2D eigenvalue weighted by Crippen LogP contribution is 2.27. The monoisotopic (exact) mass is 317 g/mol. The molecule has 0 unspecified atom stereocenters.